The van der Waals surface area contributed by atoms with E-state index in [1.165, 1.54) is 0 Å². The van der Waals surface area contributed by atoms with Crippen molar-refractivity contribution in [3.63, 3.8) is 0 Å². The summed E-state index contributed by atoms with van der Waals surface area (Å²) < 4.78 is 0. The number of aliphatic hydroxyl groups is 1. The third-order valence-corrected chi connectivity index (χ3v) is 2.77. The Kier molecular flexibility index (Phi) is 4.52. The monoisotopic (exact) mass is 236 g/mol. The first-order valence-corrected chi connectivity index (χ1v) is 5.73. The van der Waals surface area contributed by atoms with Crippen LogP contribution in [0.15, 0.2) is 18.2 Å². The standard InChI is InChI=1S/C13H20N2O2/c1-8(2)12(7-16)15-13(17)10-6-9(3)4-5-11(10)14/h4-6,8,12,16H,7,14H2,1-3H3,(H,15,17)/t12-/m1/s1. The highest BCUT2D eigenvalue weighted by molar-refractivity contribution is 5.99. The van der Waals surface area contributed by atoms with E-state index in [1.807, 2.05) is 26.8 Å². The summed E-state index contributed by atoms with van der Waals surface area (Å²) in [6.07, 6.45) is 0. The number of benzene rings is 1. The highest BCUT2D eigenvalue weighted by Gasteiger charge is 2.17. The van der Waals surface area contributed by atoms with Crippen molar-refractivity contribution in [2.75, 3.05) is 12.3 Å². The molecule has 0 aliphatic rings. The molecule has 1 rings (SSSR count). The Bertz CT molecular complexity index is 402. The van der Waals surface area contributed by atoms with Gasteiger partial charge < -0.3 is 16.2 Å². The zero-order chi connectivity index (χ0) is 13.0. The molecule has 0 saturated carbocycles. The molecule has 4 nitrogen and oxygen atoms in total. The fraction of sp³-hybridized carbons (Fsp3) is 0.462. The molecule has 0 bridgehead atoms. The molecule has 0 aromatic heterocycles. The van der Waals surface area contributed by atoms with Crippen LogP contribution in [0.2, 0.25) is 0 Å². The Morgan fingerprint density at radius 1 is 1.47 bits per heavy atom. The van der Waals surface area contributed by atoms with Crippen molar-refractivity contribution in [3.05, 3.63) is 29.3 Å². The number of nitrogens with two attached hydrogens (primary N) is 1. The van der Waals surface area contributed by atoms with Gasteiger partial charge in [-0.2, -0.15) is 0 Å². The fourth-order valence-corrected chi connectivity index (χ4v) is 1.54. The van der Waals surface area contributed by atoms with E-state index in [9.17, 15) is 9.90 Å². The zero-order valence-corrected chi connectivity index (χ0v) is 10.5. The van der Waals surface area contributed by atoms with Gasteiger partial charge in [-0.25, -0.2) is 0 Å². The summed E-state index contributed by atoms with van der Waals surface area (Å²) in [5, 5.41) is 12.0. The SMILES string of the molecule is Cc1ccc(N)c(C(=O)N[C@H](CO)C(C)C)c1. The number of nitrogens with one attached hydrogen (secondary N) is 1. The lowest BCUT2D eigenvalue weighted by molar-refractivity contribution is 0.0897. The van der Waals surface area contributed by atoms with Crippen LogP contribution in [-0.2, 0) is 0 Å². The van der Waals surface area contributed by atoms with Gasteiger partial charge in [0, 0.05) is 5.69 Å². The van der Waals surface area contributed by atoms with E-state index in [0.717, 1.165) is 5.56 Å². The van der Waals surface area contributed by atoms with Crippen LogP contribution in [0, 0.1) is 12.8 Å². The maximum Gasteiger partial charge on any atom is 0.253 e. The smallest absolute Gasteiger partial charge is 0.253 e. The molecular weight excluding hydrogens is 216 g/mol. The first kappa shape index (κ1) is 13.5. The van der Waals surface area contributed by atoms with Crippen LogP contribution >= 0.6 is 0 Å². The summed E-state index contributed by atoms with van der Waals surface area (Å²) in [6.45, 7) is 5.72. The minimum atomic E-state index is -0.248. The first-order chi connectivity index (χ1) is 7.95. The summed E-state index contributed by atoms with van der Waals surface area (Å²) >= 11 is 0. The van der Waals surface area contributed by atoms with Crippen molar-refractivity contribution in [2.24, 2.45) is 5.92 Å². The molecule has 17 heavy (non-hydrogen) atoms. The molecule has 4 N–H and O–H groups in total. The summed E-state index contributed by atoms with van der Waals surface area (Å²) in [5.41, 5.74) is 7.66. The third kappa shape index (κ3) is 3.46. The normalized spacial score (nSPS) is 12.5. The summed E-state index contributed by atoms with van der Waals surface area (Å²) in [4.78, 5) is 12.0. The highest BCUT2D eigenvalue weighted by atomic mass is 16.3. The molecule has 0 radical (unpaired) electrons. The minimum Gasteiger partial charge on any atom is -0.398 e. The summed E-state index contributed by atoms with van der Waals surface area (Å²) in [5.74, 6) is -0.0612. The van der Waals surface area contributed by atoms with Crippen molar-refractivity contribution >= 4 is 11.6 Å². The molecular formula is C13H20N2O2. The van der Waals surface area contributed by atoms with E-state index in [4.69, 9.17) is 5.73 Å². The predicted octanol–water partition coefficient (Wildman–Crippen LogP) is 1.32. The van der Waals surface area contributed by atoms with Crippen molar-refractivity contribution in [1.82, 2.24) is 5.32 Å². The summed E-state index contributed by atoms with van der Waals surface area (Å²) in [7, 11) is 0. The molecule has 1 aromatic rings. The topological polar surface area (TPSA) is 75.4 Å². The number of hydrogen-bond donors (Lipinski definition) is 3. The van der Waals surface area contributed by atoms with Gasteiger partial charge >= 0.3 is 0 Å². The van der Waals surface area contributed by atoms with Gasteiger partial charge in [-0.15, -0.1) is 0 Å². The van der Waals surface area contributed by atoms with Crippen molar-refractivity contribution < 1.29 is 9.90 Å². The van der Waals surface area contributed by atoms with Gasteiger partial charge in [-0.05, 0) is 25.0 Å². The van der Waals surface area contributed by atoms with Gasteiger partial charge in [-0.3, -0.25) is 4.79 Å². The van der Waals surface area contributed by atoms with E-state index < -0.39 is 0 Å². The molecule has 1 aromatic carbocycles. The van der Waals surface area contributed by atoms with Crippen molar-refractivity contribution in [2.45, 2.75) is 26.8 Å². The number of nitrogen functional groups attached to an aromatic ring is 1. The number of hydrogen-bond acceptors (Lipinski definition) is 3. The molecule has 1 amide bonds. The number of aliphatic hydroxyl groups excluding tert-OH is 1. The second-order valence-electron chi connectivity index (χ2n) is 4.60. The molecule has 94 valence electrons. The zero-order valence-electron chi connectivity index (χ0n) is 10.5. The number of carbonyl (C=O) groups excluding carboxylic acids is 1. The number of amides is 1. The largest absolute Gasteiger partial charge is 0.398 e. The first-order valence-electron chi connectivity index (χ1n) is 5.73. The highest BCUT2D eigenvalue weighted by Crippen LogP contribution is 2.14. The maximum atomic E-state index is 12.0. The molecule has 4 heteroatoms. The second kappa shape index (κ2) is 5.68. The second-order valence-corrected chi connectivity index (χ2v) is 4.60. The van der Waals surface area contributed by atoms with Gasteiger partial charge in [0.05, 0.1) is 18.2 Å². The van der Waals surface area contributed by atoms with Crippen LogP contribution in [0.3, 0.4) is 0 Å². The van der Waals surface area contributed by atoms with E-state index >= 15 is 0 Å². The lowest BCUT2D eigenvalue weighted by Gasteiger charge is -2.20. The molecule has 0 spiro atoms. The average molecular weight is 236 g/mol. The number of carbonyl (C=O) groups is 1. The van der Waals surface area contributed by atoms with Crippen LogP contribution in [0.4, 0.5) is 5.69 Å². The minimum absolute atomic E-state index is 0.0743. The molecule has 0 heterocycles. The molecule has 0 saturated heterocycles. The molecule has 0 unspecified atom stereocenters. The summed E-state index contributed by atoms with van der Waals surface area (Å²) in [6, 6.07) is 5.08. The van der Waals surface area contributed by atoms with Crippen LogP contribution in [0.1, 0.15) is 29.8 Å². The van der Waals surface area contributed by atoms with Crippen molar-refractivity contribution in [1.29, 1.82) is 0 Å². The van der Waals surface area contributed by atoms with E-state index in [0.29, 0.717) is 11.3 Å². The number of aryl methyl sites for hydroxylation is 1. The van der Waals surface area contributed by atoms with Gasteiger partial charge in [0.1, 0.15) is 0 Å². The van der Waals surface area contributed by atoms with Gasteiger partial charge in [0.2, 0.25) is 0 Å². The fourth-order valence-electron chi connectivity index (χ4n) is 1.54. The lowest BCUT2D eigenvalue weighted by atomic mass is 10.0. The van der Waals surface area contributed by atoms with Gasteiger partial charge in [0.25, 0.3) is 5.91 Å². The van der Waals surface area contributed by atoms with Crippen molar-refractivity contribution in [3.8, 4) is 0 Å². The molecule has 0 fully saturated rings. The predicted molar refractivity (Wildman–Crippen MR) is 68.8 cm³/mol. The molecule has 0 aliphatic carbocycles. The Morgan fingerprint density at radius 3 is 2.65 bits per heavy atom. The average Bonchev–Trinajstić information content (AvgIpc) is 2.28. The van der Waals surface area contributed by atoms with Gasteiger partial charge in [0.15, 0.2) is 0 Å². The van der Waals surface area contributed by atoms with Crippen LogP contribution in [0.5, 0.6) is 0 Å². The molecule has 1 atom stereocenters. The number of anilines is 1. The van der Waals surface area contributed by atoms with Crippen LogP contribution in [-0.4, -0.2) is 23.7 Å². The third-order valence-electron chi connectivity index (χ3n) is 2.77. The van der Waals surface area contributed by atoms with Crippen LogP contribution in [0.25, 0.3) is 0 Å². The van der Waals surface area contributed by atoms with Gasteiger partial charge in [-0.1, -0.05) is 25.5 Å². The Balaban J connectivity index is 2.86. The molecule has 0 aliphatic heterocycles. The number of rotatable bonds is 4. The van der Waals surface area contributed by atoms with E-state index in [1.54, 1.807) is 12.1 Å². The Hall–Kier alpha value is -1.55. The quantitative estimate of drug-likeness (QED) is 0.690. The lowest BCUT2D eigenvalue weighted by Crippen LogP contribution is -2.41. The van der Waals surface area contributed by atoms with E-state index in [2.05, 4.69) is 5.32 Å². The van der Waals surface area contributed by atoms with Crippen LogP contribution < -0.4 is 11.1 Å². The Morgan fingerprint density at radius 2 is 2.12 bits per heavy atom. The van der Waals surface area contributed by atoms with E-state index in [-0.39, 0.29) is 24.5 Å². The maximum absolute atomic E-state index is 12.0. The Labute approximate surface area is 102 Å².